The molecule has 0 heterocycles. The highest BCUT2D eigenvalue weighted by Gasteiger charge is 2.11. The molecule has 0 saturated heterocycles. The van der Waals surface area contributed by atoms with E-state index in [0.29, 0.717) is 11.5 Å². The van der Waals surface area contributed by atoms with E-state index < -0.39 is 0 Å². The third-order valence-corrected chi connectivity index (χ3v) is 2.57. The van der Waals surface area contributed by atoms with Crippen molar-refractivity contribution >= 4 is 15.9 Å². The van der Waals surface area contributed by atoms with E-state index >= 15 is 0 Å². The van der Waals surface area contributed by atoms with Crippen molar-refractivity contribution in [3.8, 4) is 11.5 Å². The normalized spacial score (nSPS) is 12.4. The Bertz CT molecular complexity index is 326. The van der Waals surface area contributed by atoms with Crippen molar-refractivity contribution < 1.29 is 9.47 Å². The number of hydrogen-bond donors (Lipinski definition) is 1. The number of nitrogens with two attached hydrogens (primary N) is 1. The minimum absolute atomic E-state index is 0.0221. The quantitative estimate of drug-likeness (QED) is 0.908. The summed E-state index contributed by atoms with van der Waals surface area (Å²) in [7, 11) is 3.21. The van der Waals surface area contributed by atoms with Crippen LogP contribution >= 0.6 is 15.9 Å². The lowest BCUT2D eigenvalue weighted by Gasteiger charge is -2.13. The van der Waals surface area contributed by atoms with Gasteiger partial charge in [0.05, 0.1) is 18.7 Å². The van der Waals surface area contributed by atoms with E-state index in [9.17, 15) is 0 Å². The summed E-state index contributed by atoms with van der Waals surface area (Å²) < 4.78 is 11.2. The van der Waals surface area contributed by atoms with Gasteiger partial charge in [-0.25, -0.2) is 0 Å². The molecule has 1 aromatic rings. The molecule has 0 saturated carbocycles. The maximum absolute atomic E-state index is 5.78. The second-order valence-corrected chi connectivity index (χ2v) is 3.88. The standard InChI is InChI=1S/C10H14BrNO2/c1-6(12)7-4-8(11)10(14-3)9(5-7)13-2/h4-6H,12H2,1-3H3. The maximum Gasteiger partial charge on any atom is 0.174 e. The molecule has 1 unspecified atom stereocenters. The zero-order chi connectivity index (χ0) is 10.7. The highest BCUT2D eigenvalue weighted by atomic mass is 79.9. The molecule has 78 valence electrons. The highest BCUT2D eigenvalue weighted by molar-refractivity contribution is 9.10. The predicted molar refractivity (Wildman–Crippen MR) is 59.8 cm³/mol. The Balaban J connectivity index is 3.24. The average molecular weight is 260 g/mol. The van der Waals surface area contributed by atoms with Crippen LogP contribution in [0.25, 0.3) is 0 Å². The monoisotopic (exact) mass is 259 g/mol. The van der Waals surface area contributed by atoms with Crippen LogP contribution in [0.1, 0.15) is 18.5 Å². The molecular weight excluding hydrogens is 246 g/mol. The van der Waals surface area contributed by atoms with Crippen molar-refractivity contribution in [2.24, 2.45) is 5.73 Å². The van der Waals surface area contributed by atoms with Crippen LogP contribution in [0.4, 0.5) is 0 Å². The van der Waals surface area contributed by atoms with Crippen molar-refractivity contribution in [3.63, 3.8) is 0 Å². The van der Waals surface area contributed by atoms with Crippen LogP contribution in [-0.2, 0) is 0 Å². The van der Waals surface area contributed by atoms with Gasteiger partial charge in [-0.3, -0.25) is 0 Å². The Kier molecular flexibility index (Phi) is 3.77. The Morgan fingerprint density at radius 2 is 1.93 bits per heavy atom. The molecule has 0 aliphatic heterocycles. The first-order chi connectivity index (χ1) is 6.60. The second-order valence-electron chi connectivity index (χ2n) is 3.03. The average Bonchev–Trinajstić information content (AvgIpc) is 2.16. The molecule has 0 radical (unpaired) electrons. The number of benzene rings is 1. The Morgan fingerprint density at radius 3 is 2.36 bits per heavy atom. The van der Waals surface area contributed by atoms with Crippen molar-refractivity contribution in [2.75, 3.05) is 14.2 Å². The SMILES string of the molecule is COc1cc(C(C)N)cc(Br)c1OC. The molecule has 1 atom stereocenters. The summed E-state index contributed by atoms with van der Waals surface area (Å²) in [4.78, 5) is 0. The van der Waals surface area contributed by atoms with E-state index in [1.807, 2.05) is 19.1 Å². The number of rotatable bonds is 3. The van der Waals surface area contributed by atoms with Gasteiger partial charge in [0.15, 0.2) is 11.5 Å². The van der Waals surface area contributed by atoms with Crippen LogP contribution in [0, 0.1) is 0 Å². The van der Waals surface area contributed by atoms with E-state index in [1.54, 1.807) is 14.2 Å². The van der Waals surface area contributed by atoms with Gasteiger partial charge in [0.25, 0.3) is 0 Å². The van der Waals surface area contributed by atoms with Gasteiger partial charge in [0.1, 0.15) is 0 Å². The number of halogens is 1. The zero-order valence-corrected chi connectivity index (χ0v) is 10.1. The van der Waals surface area contributed by atoms with Crippen LogP contribution in [0.5, 0.6) is 11.5 Å². The molecule has 0 bridgehead atoms. The zero-order valence-electron chi connectivity index (χ0n) is 8.50. The molecule has 0 aliphatic rings. The third kappa shape index (κ3) is 2.19. The first-order valence-corrected chi connectivity index (χ1v) is 5.06. The number of methoxy groups -OCH3 is 2. The summed E-state index contributed by atoms with van der Waals surface area (Å²) >= 11 is 3.41. The van der Waals surface area contributed by atoms with Gasteiger partial charge in [-0.15, -0.1) is 0 Å². The summed E-state index contributed by atoms with van der Waals surface area (Å²) in [6, 6.07) is 3.80. The van der Waals surface area contributed by atoms with Gasteiger partial charge >= 0.3 is 0 Å². The van der Waals surface area contributed by atoms with Gasteiger partial charge in [0.2, 0.25) is 0 Å². The van der Waals surface area contributed by atoms with E-state index in [2.05, 4.69) is 15.9 Å². The number of ether oxygens (including phenoxy) is 2. The maximum atomic E-state index is 5.78. The smallest absolute Gasteiger partial charge is 0.174 e. The summed E-state index contributed by atoms with van der Waals surface area (Å²) in [5, 5.41) is 0. The molecule has 0 amide bonds. The largest absolute Gasteiger partial charge is 0.493 e. The molecule has 0 spiro atoms. The predicted octanol–water partition coefficient (Wildman–Crippen LogP) is 2.49. The topological polar surface area (TPSA) is 44.5 Å². The Morgan fingerprint density at radius 1 is 1.29 bits per heavy atom. The minimum Gasteiger partial charge on any atom is -0.493 e. The van der Waals surface area contributed by atoms with Gasteiger partial charge in [-0.1, -0.05) is 0 Å². The first kappa shape index (κ1) is 11.3. The molecule has 0 aromatic heterocycles. The fourth-order valence-electron chi connectivity index (χ4n) is 1.20. The van der Waals surface area contributed by atoms with Gasteiger partial charge in [-0.2, -0.15) is 0 Å². The summed E-state index contributed by atoms with van der Waals surface area (Å²) in [5.74, 6) is 1.38. The Hall–Kier alpha value is -0.740. The molecule has 0 fully saturated rings. The van der Waals surface area contributed by atoms with E-state index in [1.165, 1.54) is 0 Å². The fourth-order valence-corrected chi connectivity index (χ4v) is 1.82. The van der Waals surface area contributed by atoms with Gasteiger partial charge in [-0.05, 0) is 40.5 Å². The van der Waals surface area contributed by atoms with E-state index in [-0.39, 0.29) is 6.04 Å². The van der Waals surface area contributed by atoms with E-state index in [0.717, 1.165) is 10.0 Å². The molecule has 1 rings (SSSR count). The van der Waals surface area contributed by atoms with Crippen molar-refractivity contribution in [2.45, 2.75) is 13.0 Å². The third-order valence-electron chi connectivity index (χ3n) is 1.98. The fraction of sp³-hybridized carbons (Fsp3) is 0.400. The van der Waals surface area contributed by atoms with Crippen LogP contribution < -0.4 is 15.2 Å². The summed E-state index contributed by atoms with van der Waals surface area (Å²) in [6.07, 6.45) is 0. The van der Waals surface area contributed by atoms with Crippen LogP contribution in [0.2, 0.25) is 0 Å². The number of hydrogen-bond acceptors (Lipinski definition) is 3. The van der Waals surface area contributed by atoms with Crippen LogP contribution in [-0.4, -0.2) is 14.2 Å². The minimum atomic E-state index is -0.0221. The van der Waals surface area contributed by atoms with Crippen molar-refractivity contribution in [1.82, 2.24) is 0 Å². The first-order valence-electron chi connectivity index (χ1n) is 4.27. The molecule has 4 heteroatoms. The second kappa shape index (κ2) is 4.66. The lowest BCUT2D eigenvalue weighted by Crippen LogP contribution is -2.05. The molecule has 3 nitrogen and oxygen atoms in total. The van der Waals surface area contributed by atoms with Gasteiger partial charge < -0.3 is 15.2 Å². The molecule has 0 aliphatic carbocycles. The van der Waals surface area contributed by atoms with Crippen molar-refractivity contribution in [3.05, 3.63) is 22.2 Å². The molecular formula is C10H14BrNO2. The molecule has 1 aromatic carbocycles. The summed E-state index contributed by atoms with van der Waals surface area (Å²) in [6.45, 7) is 1.92. The van der Waals surface area contributed by atoms with Crippen LogP contribution in [0.3, 0.4) is 0 Å². The molecule has 14 heavy (non-hydrogen) atoms. The lowest BCUT2D eigenvalue weighted by molar-refractivity contribution is 0.352. The molecule has 2 N–H and O–H groups in total. The lowest BCUT2D eigenvalue weighted by atomic mass is 10.1. The van der Waals surface area contributed by atoms with E-state index in [4.69, 9.17) is 15.2 Å². The summed E-state index contributed by atoms with van der Waals surface area (Å²) in [5.41, 5.74) is 6.79. The highest BCUT2D eigenvalue weighted by Crippen LogP contribution is 2.37. The van der Waals surface area contributed by atoms with Crippen LogP contribution in [0.15, 0.2) is 16.6 Å². The Labute approximate surface area is 92.3 Å². The van der Waals surface area contributed by atoms with Gasteiger partial charge in [0, 0.05) is 6.04 Å². The van der Waals surface area contributed by atoms with Crippen molar-refractivity contribution in [1.29, 1.82) is 0 Å².